The summed E-state index contributed by atoms with van der Waals surface area (Å²) in [7, 11) is -1.98. The fraction of sp³-hybridized carbons (Fsp3) is 0.222. The fourth-order valence-corrected chi connectivity index (χ4v) is 4.28. The molecule has 0 saturated carbocycles. The van der Waals surface area contributed by atoms with E-state index < -0.39 is 15.9 Å². The summed E-state index contributed by atoms with van der Waals surface area (Å²) >= 11 is 1.49. The van der Waals surface area contributed by atoms with Crippen molar-refractivity contribution < 1.29 is 17.6 Å². The number of hydrogen-bond donors (Lipinski definition) is 2. The highest BCUT2D eigenvalue weighted by Crippen LogP contribution is 2.23. The van der Waals surface area contributed by atoms with Crippen LogP contribution in [0, 0.1) is 0 Å². The van der Waals surface area contributed by atoms with Crippen LogP contribution in [0.25, 0.3) is 0 Å². The van der Waals surface area contributed by atoms with Crippen LogP contribution in [0.2, 0.25) is 0 Å². The number of nitrogens with one attached hydrogen (secondary N) is 1. The van der Waals surface area contributed by atoms with Crippen LogP contribution in [0.4, 0.5) is 5.69 Å². The van der Waals surface area contributed by atoms with Crippen molar-refractivity contribution in [2.45, 2.75) is 29.1 Å². The van der Waals surface area contributed by atoms with Crippen LogP contribution in [-0.4, -0.2) is 23.9 Å². The standard InChI is InChI=1S/C18H20N4O4S2/c1-3-12-4-5-13(10-16(12)28(19,24)25)21-17(23)15-7-6-14(26-15)11-27-18-20-8-9-22(18)2/h4-10H,3,11H2,1-2H3,(H,21,23)(H2,19,24,25). The number of carbonyl (C=O) groups is 1. The van der Waals surface area contributed by atoms with E-state index in [-0.39, 0.29) is 10.7 Å². The smallest absolute Gasteiger partial charge is 0.291 e. The van der Waals surface area contributed by atoms with E-state index in [1.807, 2.05) is 24.7 Å². The van der Waals surface area contributed by atoms with Gasteiger partial charge in [-0.2, -0.15) is 0 Å². The highest BCUT2D eigenvalue weighted by Gasteiger charge is 2.17. The van der Waals surface area contributed by atoms with Crippen LogP contribution in [0.5, 0.6) is 0 Å². The average Bonchev–Trinajstić information content (AvgIpc) is 3.28. The van der Waals surface area contributed by atoms with Gasteiger partial charge in [0.2, 0.25) is 10.0 Å². The topological polar surface area (TPSA) is 120 Å². The summed E-state index contributed by atoms with van der Waals surface area (Å²) in [6.45, 7) is 1.83. The van der Waals surface area contributed by atoms with Gasteiger partial charge in [-0.15, -0.1) is 0 Å². The van der Waals surface area contributed by atoms with Gasteiger partial charge in [-0.3, -0.25) is 4.79 Å². The van der Waals surface area contributed by atoms with Crippen molar-refractivity contribution in [1.29, 1.82) is 0 Å². The zero-order chi connectivity index (χ0) is 20.3. The summed E-state index contributed by atoms with van der Waals surface area (Å²) < 4.78 is 31.0. The Morgan fingerprint density at radius 3 is 2.75 bits per heavy atom. The number of furan rings is 1. The summed E-state index contributed by atoms with van der Waals surface area (Å²) in [5.74, 6) is 0.813. The number of primary sulfonamides is 1. The number of aromatic nitrogens is 2. The van der Waals surface area contributed by atoms with E-state index in [2.05, 4.69) is 10.3 Å². The van der Waals surface area contributed by atoms with Crippen molar-refractivity contribution in [3.05, 3.63) is 59.8 Å². The van der Waals surface area contributed by atoms with Crippen LogP contribution in [0.3, 0.4) is 0 Å². The van der Waals surface area contributed by atoms with Gasteiger partial charge in [-0.05, 0) is 36.2 Å². The molecule has 3 rings (SSSR count). The van der Waals surface area contributed by atoms with E-state index in [4.69, 9.17) is 9.56 Å². The molecule has 3 aromatic rings. The molecule has 0 atom stereocenters. The Bertz CT molecular complexity index is 1100. The van der Waals surface area contributed by atoms with Crippen molar-refractivity contribution in [3.63, 3.8) is 0 Å². The minimum absolute atomic E-state index is 0.000554. The van der Waals surface area contributed by atoms with Gasteiger partial charge >= 0.3 is 0 Å². The first kappa shape index (κ1) is 20.2. The molecule has 2 aromatic heterocycles. The number of imidazole rings is 1. The van der Waals surface area contributed by atoms with Gasteiger partial charge in [0.1, 0.15) is 5.76 Å². The summed E-state index contributed by atoms with van der Waals surface area (Å²) in [6.07, 6.45) is 4.07. The predicted molar refractivity (Wildman–Crippen MR) is 107 cm³/mol. The Morgan fingerprint density at radius 1 is 1.32 bits per heavy atom. The van der Waals surface area contributed by atoms with E-state index in [1.54, 1.807) is 30.5 Å². The van der Waals surface area contributed by atoms with Crippen molar-refractivity contribution in [1.82, 2.24) is 9.55 Å². The lowest BCUT2D eigenvalue weighted by Crippen LogP contribution is -2.16. The summed E-state index contributed by atoms with van der Waals surface area (Å²) in [5.41, 5.74) is 0.915. The van der Waals surface area contributed by atoms with Gasteiger partial charge in [-0.1, -0.05) is 24.8 Å². The van der Waals surface area contributed by atoms with Gasteiger partial charge in [0.15, 0.2) is 10.9 Å². The zero-order valence-corrected chi connectivity index (χ0v) is 17.0. The first-order valence-corrected chi connectivity index (χ1v) is 11.0. The molecule has 0 fully saturated rings. The number of sulfonamides is 1. The van der Waals surface area contributed by atoms with E-state index in [9.17, 15) is 13.2 Å². The lowest BCUT2D eigenvalue weighted by atomic mass is 10.1. The molecule has 1 amide bonds. The summed E-state index contributed by atoms with van der Waals surface area (Å²) in [6, 6.07) is 7.91. The number of anilines is 1. The maximum Gasteiger partial charge on any atom is 0.291 e. The number of hydrogen-bond acceptors (Lipinski definition) is 6. The number of carbonyl (C=O) groups excluding carboxylic acids is 1. The molecule has 1 aromatic carbocycles. The number of aryl methyl sites for hydroxylation is 2. The van der Waals surface area contributed by atoms with Crippen molar-refractivity contribution in [2.24, 2.45) is 12.2 Å². The second-order valence-corrected chi connectivity index (χ2v) is 8.52. The molecule has 3 N–H and O–H groups in total. The lowest BCUT2D eigenvalue weighted by molar-refractivity contribution is 0.0995. The average molecular weight is 421 g/mol. The minimum atomic E-state index is -3.88. The number of rotatable bonds is 7. The van der Waals surface area contributed by atoms with Crippen LogP contribution in [0.1, 0.15) is 28.8 Å². The van der Waals surface area contributed by atoms with Gasteiger partial charge in [-0.25, -0.2) is 18.5 Å². The summed E-state index contributed by atoms with van der Waals surface area (Å²) in [4.78, 5) is 16.6. The Labute approximate surface area is 167 Å². The lowest BCUT2D eigenvalue weighted by Gasteiger charge is -2.09. The zero-order valence-electron chi connectivity index (χ0n) is 15.4. The molecule has 148 valence electrons. The molecule has 10 heteroatoms. The van der Waals surface area contributed by atoms with Gasteiger partial charge in [0, 0.05) is 25.1 Å². The molecular formula is C18H20N4O4S2. The molecule has 0 aliphatic heterocycles. The van der Waals surface area contributed by atoms with Gasteiger partial charge in [0.05, 0.1) is 10.6 Å². The first-order valence-electron chi connectivity index (χ1n) is 8.44. The third-order valence-corrected chi connectivity index (χ3v) is 6.09. The first-order chi connectivity index (χ1) is 13.3. The number of benzene rings is 1. The van der Waals surface area contributed by atoms with Gasteiger partial charge < -0.3 is 14.3 Å². The Kier molecular flexibility index (Phi) is 5.92. The molecule has 0 aliphatic rings. The molecule has 8 nitrogen and oxygen atoms in total. The molecule has 0 radical (unpaired) electrons. The van der Waals surface area contributed by atoms with Crippen molar-refractivity contribution in [2.75, 3.05) is 5.32 Å². The van der Waals surface area contributed by atoms with Crippen LogP contribution in [0.15, 0.2) is 57.2 Å². The molecule has 0 bridgehead atoms. The largest absolute Gasteiger partial charge is 0.455 e. The quantitative estimate of drug-likeness (QED) is 0.567. The second-order valence-electron chi connectivity index (χ2n) is 6.05. The van der Waals surface area contributed by atoms with E-state index in [1.165, 1.54) is 17.8 Å². The molecule has 0 aliphatic carbocycles. The molecule has 2 heterocycles. The van der Waals surface area contributed by atoms with Crippen molar-refractivity contribution in [3.8, 4) is 0 Å². The SMILES string of the molecule is CCc1ccc(NC(=O)c2ccc(CSc3nccn3C)o2)cc1S(N)(=O)=O. The minimum Gasteiger partial charge on any atom is -0.455 e. The monoisotopic (exact) mass is 420 g/mol. The normalized spacial score (nSPS) is 11.5. The number of amides is 1. The second kappa shape index (κ2) is 8.21. The van der Waals surface area contributed by atoms with E-state index in [0.717, 1.165) is 5.16 Å². The predicted octanol–water partition coefficient (Wildman–Crippen LogP) is 2.77. The number of nitrogens with zero attached hydrogens (tertiary/aromatic N) is 2. The Morgan fingerprint density at radius 2 is 2.11 bits per heavy atom. The van der Waals surface area contributed by atoms with Gasteiger partial charge in [0.25, 0.3) is 5.91 Å². The maximum absolute atomic E-state index is 12.4. The van der Waals surface area contributed by atoms with Crippen molar-refractivity contribution >= 4 is 33.4 Å². The van der Waals surface area contributed by atoms with Crippen LogP contribution in [-0.2, 0) is 29.2 Å². The third kappa shape index (κ3) is 4.64. The highest BCUT2D eigenvalue weighted by atomic mass is 32.2. The molecule has 0 spiro atoms. The molecule has 0 unspecified atom stereocenters. The number of nitrogens with two attached hydrogens (primary N) is 1. The molecule has 0 saturated heterocycles. The van der Waals surface area contributed by atoms with E-state index in [0.29, 0.717) is 29.2 Å². The number of thioether (sulfide) groups is 1. The Hall–Kier alpha value is -2.56. The van der Waals surface area contributed by atoms with E-state index >= 15 is 0 Å². The maximum atomic E-state index is 12.4. The van der Waals surface area contributed by atoms with Crippen LogP contribution >= 0.6 is 11.8 Å². The Balaban J connectivity index is 1.70. The molecular weight excluding hydrogens is 400 g/mol. The van der Waals surface area contributed by atoms with Crippen LogP contribution < -0.4 is 10.5 Å². The third-order valence-electron chi connectivity index (χ3n) is 4.02. The fourth-order valence-electron chi connectivity index (χ4n) is 2.59. The highest BCUT2D eigenvalue weighted by molar-refractivity contribution is 7.98. The summed E-state index contributed by atoms with van der Waals surface area (Å²) in [5, 5.41) is 8.74. The molecule has 28 heavy (non-hydrogen) atoms.